The van der Waals surface area contributed by atoms with E-state index in [0.717, 1.165) is 24.9 Å². The molecule has 20 heavy (non-hydrogen) atoms. The minimum atomic E-state index is -0.160. The van der Waals surface area contributed by atoms with Gasteiger partial charge in [-0.3, -0.25) is 9.69 Å². The normalized spacial score (nSPS) is 19.5. The number of likely N-dealkylation sites (tertiary alicyclic amines) is 1. The molecule has 0 saturated carbocycles. The van der Waals surface area contributed by atoms with Crippen LogP contribution in [0, 0.1) is 0 Å². The first-order valence-corrected chi connectivity index (χ1v) is 7.63. The Labute approximate surface area is 123 Å². The van der Waals surface area contributed by atoms with Gasteiger partial charge in [-0.05, 0) is 39.4 Å². The third-order valence-corrected chi connectivity index (χ3v) is 3.70. The molecule has 3 nitrogen and oxygen atoms in total. The number of likely N-dealkylation sites (N-methyl/N-ethyl adjacent to an activating group) is 1. The Morgan fingerprint density at radius 2 is 1.85 bits per heavy atom. The van der Waals surface area contributed by atoms with Crippen LogP contribution in [0.1, 0.15) is 45.2 Å². The molecule has 2 atom stereocenters. The van der Waals surface area contributed by atoms with Gasteiger partial charge in [-0.2, -0.15) is 0 Å². The number of amides is 1. The summed E-state index contributed by atoms with van der Waals surface area (Å²) in [5.41, 5.74) is 1.08. The van der Waals surface area contributed by atoms with Crippen LogP contribution in [-0.4, -0.2) is 42.4 Å². The molecule has 1 fully saturated rings. The fourth-order valence-electron chi connectivity index (χ4n) is 2.71. The molecule has 1 amide bonds. The minimum absolute atomic E-state index is 0.160. The van der Waals surface area contributed by atoms with Gasteiger partial charge in [0.15, 0.2) is 0 Å². The smallest absolute Gasteiger partial charge is 0.244 e. The van der Waals surface area contributed by atoms with Crippen LogP contribution in [0.15, 0.2) is 30.3 Å². The zero-order valence-electron chi connectivity index (χ0n) is 13.5. The topological polar surface area (TPSA) is 23.6 Å². The Balaban J connectivity index is 0.000000956. The lowest BCUT2D eigenvalue weighted by Crippen LogP contribution is -2.42. The summed E-state index contributed by atoms with van der Waals surface area (Å²) in [6.45, 7) is 7.04. The second-order valence-electron chi connectivity index (χ2n) is 5.30. The van der Waals surface area contributed by atoms with Crippen molar-refractivity contribution in [2.45, 2.75) is 45.7 Å². The first-order valence-electron chi connectivity index (χ1n) is 7.63. The molecule has 1 aromatic rings. The van der Waals surface area contributed by atoms with Crippen LogP contribution in [-0.2, 0) is 4.79 Å². The molecule has 1 aromatic carbocycles. The molecule has 0 radical (unpaired) electrons. The van der Waals surface area contributed by atoms with E-state index in [2.05, 4.69) is 6.92 Å². The van der Waals surface area contributed by atoms with E-state index in [4.69, 9.17) is 0 Å². The van der Waals surface area contributed by atoms with Crippen molar-refractivity contribution in [3.05, 3.63) is 35.9 Å². The average Bonchev–Trinajstić information content (AvgIpc) is 2.88. The van der Waals surface area contributed by atoms with Crippen LogP contribution >= 0.6 is 0 Å². The molecular weight excluding hydrogens is 248 g/mol. The van der Waals surface area contributed by atoms with E-state index >= 15 is 0 Å². The van der Waals surface area contributed by atoms with Gasteiger partial charge in [-0.25, -0.2) is 0 Å². The van der Waals surface area contributed by atoms with Crippen molar-refractivity contribution >= 4 is 5.91 Å². The summed E-state index contributed by atoms with van der Waals surface area (Å²) in [5, 5.41) is 0. The van der Waals surface area contributed by atoms with Crippen molar-refractivity contribution in [1.29, 1.82) is 0 Å². The molecule has 1 saturated heterocycles. The lowest BCUT2D eigenvalue weighted by molar-refractivity contribution is -0.136. The summed E-state index contributed by atoms with van der Waals surface area (Å²) in [6.07, 6.45) is 2.25. The molecule has 0 aromatic heterocycles. The molecule has 0 bridgehead atoms. The number of carbonyl (C=O) groups is 1. The van der Waals surface area contributed by atoms with Crippen molar-refractivity contribution in [2.75, 3.05) is 20.6 Å². The number of rotatable bonds is 3. The molecule has 0 N–H and O–H groups in total. The maximum atomic E-state index is 12.7. The van der Waals surface area contributed by atoms with E-state index in [1.54, 1.807) is 0 Å². The number of hydrogen-bond donors (Lipinski definition) is 0. The molecule has 1 heterocycles. The van der Waals surface area contributed by atoms with E-state index in [1.165, 1.54) is 0 Å². The first kappa shape index (κ1) is 16.7. The van der Waals surface area contributed by atoms with Crippen LogP contribution in [0.25, 0.3) is 0 Å². The third kappa shape index (κ3) is 3.83. The summed E-state index contributed by atoms with van der Waals surface area (Å²) < 4.78 is 0. The fourth-order valence-corrected chi connectivity index (χ4v) is 2.71. The summed E-state index contributed by atoms with van der Waals surface area (Å²) >= 11 is 0. The number of nitrogens with zero attached hydrogens (tertiary/aromatic N) is 2. The Kier molecular flexibility index (Phi) is 6.73. The zero-order valence-corrected chi connectivity index (χ0v) is 13.5. The zero-order chi connectivity index (χ0) is 15.1. The van der Waals surface area contributed by atoms with Gasteiger partial charge >= 0.3 is 0 Å². The molecule has 0 spiro atoms. The maximum Gasteiger partial charge on any atom is 0.244 e. The van der Waals surface area contributed by atoms with Crippen molar-refractivity contribution in [1.82, 2.24) is 9.80 Å². The molecule has 2 rings (SSSR count). The average molecular weight is 276 g/mol. The van der Waals surface area contributed by atoms with E-state index in [-0.39, 0.29) is 11.9 Å². The molecule has 112 valence electrons. The Morgan fingerprint density at radius 3 is 2.30 bits per heavy atom. The van der Waals surface area contributed by atoms with E-state index in [0.29, 0.717) is 6.04 Å². The lowest BCUT2D eigenvalue weighted by Gasteiger charge is -2.30. The molecule has 1 aliphatic heterocycles. The van der Waals surface area contributed by atoms with Crippen LogP contribution in [0.2, 0.25) is 0 Å². The highest BCUT2D eigenvalue weighted by atomic mass is 16.2. The van der Waals surface area contributed by atoms with Crippen molar-refractivity contribution in [3.8, 4) is 0 Å². The summed E-state index contributed by atoms with van der Waals surface area (Å²) in [5.74, 6) is 0.233. The van der Waals surface area contributed by atoms with Gasteiger partial charge in [0.1, 0.15) is 6.04 Å². The van der Waals surface area contributed by atoms with Gasteiger partial charge in [0.25, 0.3) is 0 Å². The SMILES string of the molecule is CC.CC1CCCN1C(=O)C(c1ccccc1)N(C)C. The second-order valence-corrected chi connectivity index (χ2v) is 5.30. The highest BCUT2D eigenvalue weighted by molar-refractivity contribution is 5.83. The second kappa shape index (κ2) is 8.05. The van der Waals surface area contributed by atoms with Gasteiger partial charge in [-0.1, -0.05) is 44.2 Å². The fraction of sp³-hybridized carbons (Fsp3) is 0.588. The maximum absolute atomic E-state index is 12.7. The quantitative estimate of drug-likeness (QED) is 0.845. The highest BCUT2D eigenvalue weighted by Crippen LogP contribution is 2.25. The lowest BCUT2D eigenvalue weighted by atomic mass is 10.0. The number of hydrogen-bond acceptors (Lipinski definition) is 2. The van der Waals surface area contributed by atoms with Crippen molar-refractivity contribution < 1.29 is 4.79 Å². The minimum Gasteiger partial charge on any atom is -0.338 e. The predicted octanol–water partition coefficient (Wildman–Crippen LogP) is 3.33. The van der Waals surface area contributed by atoms with Gasteiger partial charge < -0.3 is 4.90 Å². The first-order chi connectivity index (χ1) is 9.61. The van der Waals surface area contributed by atoms with Crippen LogP contribution in [0.3, 0.4) is 0 Å². The largest absolute Gasteiger partial charge is 0.338 e. The molecule has 1 aliphatic rings. The standard InChI is InChI=1S/C15H22N2O.C2H6/c1-12-8-7-11-17(12)15(18)14(16(2)3)13-9-5-4-6-10-13;1-2/h4-6,9-10,12,14H,7-8,11H2,1-3H3;1-2H3. The van der Waals surface area contributed by atoms with Gasteiger partial charge in [-0.15, -0.1) is 0 Å². The Bertz CT molecular complexity index is 403. The molecule has 3 heteroatoms. The predicted molar refractivity (Wildman–Crippen MR) is 84.6 cm³/mol. The van der Waals surface area contributed by atoms with Gasteiger partial charge in [0, 0.05) is 12.6 Å². The van der Waals surface area contributed by atoms with Crippen LogP contribution in [0.4, 0.5) is 0 Å². The highest BCUT2D eigenvalue weighted by Gasteiger charge is 2.32. The molecular formula is C17H28N2O. The third-order valence-electron chi connectivity index (χ3n) is 3.70. The Hall–Kier alpha value is -1.35. The Morgan fingerprint density at radius 1 is 1.25 bits per heavy atom. The van der Waals surface area contributed by atoms with Crippen LogP contribution < -0.4 is 0 Å². The van der Waals surface area contributed by atoms with E-state index in [9.17, 15) is 4.79 Å². The number of carbonyl (C=O) groups excluding carboxylic acids is 1. The van der Waals surface area contributed by atoms with Gasteiger partial charge in [0.05, 0.1) is 0 Å². The molecule has 2 unspecified atom stereocenters. The number of benzene rings is 1. The van der Waals surface area contributed by atoms with E-state index in [1.807, 2.05) is 68.1 Å². The van der Waals surface area contributed by atoms with Crippen molar-refractivity contribution in [2.24, 2.45) is 0 Å². The monoisotopic (exact) mass is 276 g/mol. The summed E-state index contributed by atoms with van der Waals surface area (Å²) in [6, 6.07) is 10.3. The summed E-state index contributed by atoms with van der Waals surface area (Å²) in [4.78, 5) is 16.7. The van der Waals surface area contributed by atoms with Crippen LogP contribution in [0.5, 0.6) is 0 Å². The molecule has 0 aliphatic carbocycles. The van der Waals surface area contributed by atoms with Gasteiger partial charge in [0.2, 0.25) is 5.91 Å². The van der Waals surface area contributed by atoms with Crippen molar-refractivity contribution in [3.63, 3.8) is 0 Å². The van der Waals surface area contributed by atoms with E-state index < -0.39 is 0 Å². The summed E-state index contributed by atoms with van der Waals surface area (Å²) in [7, 11) is 3.94.